The number of aromatic nitrogens is 2. The van der Waals surface area contributed by atoms with Crippen LogP contribution in [0.2, 0.25) is 0 Å². The van der Waals surface area contributed by atoms with E-state index in [1.54, 1.807) is 0 Å². The molecule has 1 aromatic heterocycles. The molecule has 4 aromatic carbocycles. The predicted octanol–water partition coefficient (Wildman–Crippen LogP) is 8.18. The van der Waals surface area contributed by atoms with E-state index in [2.05, 4.69) is 25.8 Å². The Kier molecular flexibility index (Phi) is 10.1. The molecular weight excluding hydrogens is 530 g/mol. The second-order valence-electron chi connectivity index (χ2n) is 9.56. The van der Waals surface area contributed by atoms with E-state index >= 15 is 0 Å². The maximum Gasteiger partial charge on any atom is 0.268 e. The number of aryl methyl sites for hydroxylation is 4. The normalized spacial score (nSPS) is 10.9. The second-order valence-corrected chi connectivity index (χ2v) is 10.4. The van der Waals surface area contributed by atoms with Gasteiger partial charge in [-0.1, -0.05) is 82.5 Å². The van der Waals surface area contributed by atoms with Gasteiger partial charge in [0, 0.05) is 16.8 Å². The maximum atomic E-state index is 12.2. The summed E-state index contributed by atoms with van der Waals surface area (Å²) >= 11 is 1.41. The van der Waals surface area contributed by atoms with Crippen molar-refractivity contribution in [2.75, 3.05) is 11.6 Å². The molecule has 41 heavy (non-hydrogen) atoms. The van der Waals surface area contributed by atoms with E-state index in [-0.39, 0.29) is 5.91 Å². The number of amidine groups is 1. The zero-order valence-corrected chi connectivity index (χ0v) is 24.6. The smallest absolute Gasteiger partial charge is 0.268 e. The Labute approximate surface area is 245 Å². The molecule has 0 saturated heterocycles. The summed E-state index contributed by atoms with van der Waals surface area (Å²) in [5.41, 5.74) is 8.04. The number of aliphatic imine (C=N–C) groups is 1. The Bertz CT molecular complexity index is 1590. The Hall–Kier alpha value is -4.69. The number of nitrogens with one attached hydrogen (secondary N) is 2. The summed E-state index contributed by atoms with van der Waals surface area (Å²) < 4.78 is 5.26. The number of anilines is 2. The number of amides is 1. The fraction of sp³-hybridized carbons (Fsp3) is 0.152. The highest BCUT2D eigenvalue weighted by Gasteiger charge is 2.09. The van der Waals surface area contributed by atoms with E-state index in [0.717, 1.165) is 22.5 Å². The van der Waals surface area contributed by atoms with Gasteiger partial charge in [0.25, 0.3) is 17.7 Å². The van der Waals surface area contributed by atoms with E-state index < -0.39 is 0 Å². The van der Waals surface area contributed by atoms with Crippen LogP contribution in [0.15, 0.2) is 107 Å². The lowest BCUT2D eigenvalue weighted by atomic mass is 10.1. The number of rotatable bonds is 5. The van der Waals surface area contributed by atoms with Gasteiger partial charge in [-0.05, 0) is 87.6 Å². The third-order valence-corrected chi connectivity index (χ3v) is 6.60. The molecule has 0 spiro atoms. The minimum absolute atomic E-state index is 0.143. The van der Waals surface area contributed by atoms with Crippen LogP contribution in [0.4, 0.5) is 17.3 Å². The molecule has 0 aliphatic rings. The molecule has 208 valence electrons. The lowest BCUT2D eigenvalue weighted by Crippen LogP contribution is -2.28. The number of nitrogens with zero attached hydrogens (tertiary/aromatic N) is 3. The topological polar surface area (TPSA) is 92.4 Å². The summed E-state index contributed by atoms with van der Waals surface area (Å²) in [5, 5.41) is 10.5. The fourth-order valence-corrected chi connectivity index (χ4v) is 3.98. The first kappa shape index (κ1) is 29.3. The zero-order valence-electron chi connectivity index (χ0n) is 23.8. The van der Waals surface area contributed by atoms with E-state index in [1.807, 2.05) is 131 Å². The highest BCUT2D eigenvalue weighted by molar-refractivity contribution is 8.13. The van der Waals surface area contributed by atoms with Gasteiger partial charge in [0.2, 0.25) is 0 Å². The van der Waals surface area contributed by atoms with Crippen LogP contribution in [0.3, 0.4) is 0 Å². The molecule has 0 aliphatic heterocycles. The van der Waals surface area contributed by atoms with Crippen molar-refractivity contribution in [3.05, 3.63) is 125 Å². The molecule has 2 N–H and O–H groups in total. The van der Waals surface area contributed by atoms with E-state index in [0.29, 0.717) is 22.6 Å². The van der Waals surface area contributed by atoms with Gasteiger partial charge >= 0.3 is 0 Å². The number of carbonyl (C=O) groups is 1. The summed E-state index contributed by atoms with van der Waals surface area (Å²) in [6, 6.07) is 31.3. The Balaban J connectivity index is 0.000000189. The van der Waals surface area contributed by atoms with Gasteiger partial charge in [0.15, 0.2) is 5.17 Å². The van der Waals surface area contributed by atoms with Gasteiger partial charge in [-0.2, -0.15) is 4.98 Å². The molecule has 0 unspecified atom stereocenters. The first-order valence-electron chi connectivity index (χ1n) is 13.1. The minimum Gasteiger partial charge on any atom is -0.332 e. The van der Waals surface area contributed by atoms with Crippen LogP contribution in [-0.2, 0) is 0 Å². The van der Waals surface area contributed by atoms with Crippen molar-refractivity contribution in [3.63, 3.8) is 0 Å². The van der Waals surface area contributed by atoms with Gasteiger partial charge in [0.1, 0.15) is 0 Å². The molecule has 0 radical (unpaired) electrons. The van der Waals surface area contributed by atoms with Crippen molar-refractivity contribution < 1.29 is 9.32 Å². The first-order chi connectivity index (χ1) is 19.8. The monoisotopic (exact) mass is 563 g/mol. The van der Waals surface area contributed by atoms with Gasteiger partial charge < -0.3 is 15.2 Å². The molecule has 0 atom stereocenters. The molecule has 1 heterocycles. The number of hydrogen-bond acceptors (Lipinski definition) is 7. The van der Waals surface area contributed by atoms with Crippen molar-refractivity contribution in [3.8, 4) is 11.5 Å². The van der Waals surface area contributed by atoms with E-state index in [4.69, 9.17) is 4.52 Å². The Morgan fingerprint density at radius 1 is 0.732 bits per heavy atom. The van der Waals surface area contributed by atoms with Crippen LogP contribution in [0.25, 0.3) is 11.5 Å². The molecule has 1 amide bonds. The van der Waals surface area contributed by atoms with Crippen molar-refractivity contribution in [1.82, 2.24) is 15.5 Å². The van der Waals surface area contributed by atoms with Crippen LogP contribution < -0.4 is 10.6 Å². The lowest BCUT2D eigenvalue weighted by molar-refractivity contribution is 0.0978. The van der Waals surface area contributed by atoms with Gasteiger partial charge in [-0.15, -0.1) is 0 Å². The number of benzene rings is 4. The standard InChI is InChI=1S/C17H18N2OS.C16H15N3O/c1-12-4-8-14(9-5-12)16(20)19-17(21-3)18-15-10-6-13(2)7-11-15;1-11-3-7-13(8-4-11)15-18-16(19-20-15)17-14-9-5-12(2)6-10-14/h4-11H,1-3H3,(H,18,19,20);3-10H,1-2H3,(H,17,19). The van der Waals surface area contributed by atoms with Gasteiger partial charge in [0.05, 0.1) is 5.69 Å². The molecule has 0 bridgehead atoms. The highest BCUT2D eigenvalue weighted by Crippen LogP contribution is 2.21. The molecule has 0 aliphatic carbocycles. The number of hydrogen-bond donors (Lipinski definition) is 2. The largest absolute Gasteiger partial charge is 0.332 e. The minimum atomic E-state index is -0.143. The zero-order chi connectivity index (χ0) is 29.2. The quantitative estimate of drug-likeness (QED) is 0.165. The summed E-state index contributed by atoms with van der Waals surface area (Å²) in [6.07, 6.45) is 1.89. The lowest BCUT2D eigenvalue weighted by Gasteiger charge is -2.07. The van der Waals surface area contributed by atoms with Crippen LogP contribution in [0.5, 0.6) is 0 Å². The Morgan fingerprint density at radius 2 is 1.24 bits per heavy atom. The second kappa shape index (κ2) is 14.1. The molecule has 8 heteroatoms. The summed E-state index contributed by atoms with van der Waals surface area (Å²) in [4.78, 5) is 21.0. The summed E-state index contributed by atoms with van der Waals surface area (Å²) in [7, 11) is 0. The summed E-state index contributed by atoms with van der Waals surface area (Å²) in [5.74, 6) is 0.833. The Morgan fingerprint density at radius 3 is 1.80 bits per heavy atom. The van der Waals surface area contributed by atoms with Crippen molar-refractivity contribution in [2.45, 2.75) is 27.7 Å². The average Bonchev–Trinajstić information content (AvgIpc) is 3.44. The third kappa shape index (κ3) is 8.91. The van der Waals surface area contributed by atoms with Gasteiger partial charge in [-0.3, -0.25) is 4.79 Å². The van der Waals surface area contributed by atoms with Gasteiger partial charge in [-0.25, -0.2) is 4.99 Å². The van der Waals surface area contributed by atoms with Crippen LogP contribution in [0, 0.1) is 27.7 Å². The number of thioether (sulfide) groups is 1. The summed E-state index contributed by atoms with van der Waals surface area (Å²) in [6.45, 7) is 8.12. The van der Waals surface area contributed by atoms with Crippen molar-refractivity contribution in [1.29, 1.82) is 0 Å². The molecule has 0 fully saturated rings. The fourth-order valence-electron chi connectivity index (χ4n) is 3.59. The first-order valence-corrected chi connectivity index (χ1v) is 14.3. The van der Waals surface area contributed by atoms with Crippen LogP contribution in [-0.4, -0.2) is 27.5 Å². The molecule has 7 nitrogen and oxygen atoms in total. The molecule has 5 aromatic rings. The van der Waals surface area contributed by atoms with E-state index in [9.17, 15) is 4.79 Å². The predicted molar refractivity (Wildman–Crippen MR) is 169 cm³/mol. The van der Waals surface area contributed by atoms with Crippen molar-refractivity contribution >= 4 is 40.2 Å². The average molecular weight is 564 g/mol. The van der Waals surface area contributed by atoms with Crippen molar-refractivity contribution in [2.24, 2.45) is 4.99 Å². The van der Waals surface area contributed by atoms with Crippen LogP contribution >= 0.6 is 11.8 Å². The third-order valence-electron chi connectivity index (χ3n) is 6.02. The van der Waals surface area contributed by atoms with E-state index in [1.165, 1.54) is 28.5 Å². The van der Waals surface area contributed by atoms with Crippen LogP contribution in [0.1, 0.15) is 32.6 Å². The molecular formula is C33H33N5O2S. The number of carbonyl (C=O) groups excluding carboxylic acids is 1. The highest BCUT2D eigenvalue weighted by atomic mass is 32.2. The SMILES string of the molecule is CSC(=Nc1ccc(C)cc1)NC(=O)c1ccc(C)cc1.Cc1ccc(Nc2noc(-c3ccc(C)cc3)n2)cc1. The maximum absolute atomic E-state index is 12.2. The molecule has 0 saturated carbocycles. The molecule has 5 rings (SSSR count).